The molecule has 4 rings (SSSR count). The molecular formula is C23H14Cl6N4O2. The quantitative estimate of drug-likeness (QED) is 0.316. The molecule has 0 unspecified atom stereocenters. The van der Waals surface area contributed by atoms with Crippen LogP contribution in [0.2, 0.25) is 30.1 Å². The third-order valence-corrected chi connectivity index (χ3v) is 6.69. The van der Waals surface area contributed by atoms with Gasteiger partial charge in [-0.15, -0.1) is 0 Å². The predicted molar refractivity (Wildman–Crippen MR) is 145 cm³/mol. The number of hydrazone groups is 1. The summed E-state index contributed by atoms with van der Waals surface area (Å²) < 4.78 is 1.24. The highest BCUT2D eigenvalue weighted by Crippen LogP contribution is 2.39. The zero-order valence-corrected chi connectivity index (χ0v) is 22.5. The Balaban J connectivity index is 1.66. The number of nitrogens with zero attached hydrogens (tertiary/aromatic N) is 3. The molecule has 3 aromatic rings. The smallest absolute Gasteiger partial charge is 0.280 e. The van der Waals surface area contributed by atoms with Gasteiger partial charge < -0.3 is 0 Å². The van der Waals surface area contributed by atoms with E-state index in [2.05, 4.69) is 10.2 Å². The second-order valence-corrected chi connectivity index (χ2v) is 9.97. The van der Waals surface area contributed by atoms with Gasteiger partial charge in [0.15, 0.2) is 0 Å². The van der Waals surface area contributed by atoms with Crippen molar-refractivity contribution < 1.29 is 4.79 Å². The van der Waals surface area contributed by atoms with Gasteiger partial charge in [0, 0.05) is 15.7 Å². The number of halogens is 6. The SMILES string of the molecule is CC1=NN(c2c(Cl)cc(Cl)cc2Cl)C(=O)C1=CC=Cc1c(C)[nH]n(-c2c(Cl)cc(Cl)cc2Cl)c1=O. The fourth-order valence-corrected chi connectivity index (χ4v) is 5.46. The summed E-state index contributed by atoms with van der Waals surface area (Å²) >= 11 is 36.9. The summed E-state index contributed by atoms with van der Waals surface area (Å²) in [6.07, 6.45) is 4.70. The van der Waals surface area contributed by atoms with Crippen LogP contribution in [0.3, 0.4) is 0 Å². The van der Waals surface area contributed by atoms with Crippen LogP contribution in [0, 0.1) is 6.92 Å². The van der Waals surface area contributed by atoms with Gasteiger partial charge in [0.25, 0.3) is 11.5 Å². The first-order valence-corrected chi connectivity index (χ1v) is 12.2. The van der Waals surface area contributed by atoms with Crippen molar-refractivity contribution in [2.45, 2.75) is 13.8 Å². The molecule has 0 saturated carbocycles. The van der Waals surface area contributed by atoms with Gasteiger partial charge in [0.1, 0.15) is 11.4 Å². The summed E-state index contributed by atoms with van der Waals surface area (Å²) in [6, 6.07) is 5.93. The maximum atomic E-state index is 13.0. The minimum absolute atomic E-state index is 0.187. The largest absolute Gasteiger partial charge is 0.295 e. The van der Waals surface area contributed by atoms with Crippen molar-refractivity contribution in [3.63, 3.8) is 0 Å². The summed E-state index contributed by atoms with van der Waals surface area (Å²) in [4.78, 5) is 26.1. The van der Waals surface area contributed by atoms with E-state index < -0.39 is 5.91 Å². The van der Waals surface area contributed by atoms with E-state index in [1.165, 1.54) is 28.9 Å². The first-order valence-electron chi connectivity index (χ1n) is 9.89. The number of aryl methyl sites for hydroxylation is 1. The van der Waals surface area contributed by atoms with Gasteiger partial charge >= 0.3 is 0 Å². The van der Waals surface area contributed by atoms with E-state index in [1.54, 1.807) is 32.1 Å². The number of hydrogen-bond acceptors (Lipinski definition) is 3. The number of aromatic amines is 1. The molecule has 0 fully saturated rings. The number of rotatable bonds is 4. The molecule has 180 valence electrons. The van der Waals surface area contributed by atoms with Crippen molar-refractivity contribution >= 4 is 93.0 Å². The number of nitrogens with one attached hydrogen (secondary N) is 1. The Bertz CT molecular complexity index is 1490. The van der Waals surface area contributed by atoms with Crippen molar-refractivity contribution in [1.82, 2.24) is 9.78 Å². The molecule has 6 nitrogen and oxygen atoms in total. The fourth-order valence-electron chi connectivity index (χ4n) is 3.50. The summed E-state index contributed by atoms with van der Waals surface area (Å²) in [5.41, 5.74) is 1.81. The maximum Gasteiger partial charge on any atom is 0.280 e. The molecule has 1 amide bonds. The minimum atomic E-state index is -0.429. The summed E-state index contributed by atoms with van der Waals surface area (Å²) in [6.45, 7) is 3.40. The molecule has 2 heterocycles. The lowest BCUT2D eigenvalue weighted by Crippen LogP contribution is -2.22. The maximum absolute atomic E-state index is 13.0. The van der Waals surface area contributed by atoms with Crippen LogP contribution in [0.25, 0.3) is 11.8 Å². The van der Waals surface area contributed by atoms with Crippen LogP contribution in [0.5, 0.6) is 0 Å². The van der Waals surface area contributed by atoms with Crippen molar-refractivity contribution in [1.29, 1.82) is 0 Å². The van der Waals surface area contributed by atoms with Gasteiger partial charge in [-0.05, 0) is 50.3 Å². The van der Waals surface area contributed by atoms with Gasteiger partial charge in [-0.2, -0.15) is 10.1 Å². The highest BCUT2D eigenvalue weighted by molar-refractivity contribution is 6.44. The molecule has 0 saturated heterocycles. The van der Waals surface area contributed by atoms with Crippen LogP contribution >= 0.6 is 69.6 Å². The molecule has 0 atom stereocenters. The van der Waals surface area contributed by atoms with E-state index in [9.17, 15) is 9.59 Å². The Morgan fingerprint density at radius 3 is 1.89 bits per heavy atom. The molecule has 1 aromatic heterocycles. The molecule has 2 aromatic carbocycles. The molecule has 0 spiro atoms. The van der Waals surface area contributed by atoms with Crippen LogP contribution in [0.15, 0.2) is 51.9 Å². The summed E-state index contributed by atoms with van der Waals surface area (Å²) in [7, 11) is 0. The Morgan fingerprint density at radius 2 is 1.34 bits per heavy atom. The molecule has 1 aliphatic heterocycles. The highest BCUT2D eigenvalue weighted by atomic mass is 35.5. The third kappa shape index (κ3) is 4.92. The topological polar surface area (TPSA) is 70.5 Å². The summed E-state index contributed by atoms with van der Waals surface area (Å²) in [5.74, 6) is -0.429. The second kappa shape index (κ2) is 10.1. The number of H-pyrrole nitrogens is 1. The van der Waals surface area contributed by atoms with E-state index in [4.69, 9.17) is 69.6 Å². The number of benzene rings is 2. The van der Waals surface area contributed by atoms with Crippen LogP contribution in [0.4, 0.5) is 5.69 Å². The van der Waals surface area contributed by atoms with Crippen molar-refractivity contribution in [2.75, 3.05) is 5.01 Å². The first-order chi connectivity index (χ1) is 16.5. The lowest BCUT2D eigenvalue weighted by molar-refractivity contribution is -0.114. The van der Waals surface area contributed by atoms with Crippen LogP contribution in [-0.4, -0.2) is 21.4 Å². The van der Waals surface area contributed by atoms with Crippen molar-refractivity contribution in [3.8, 4) is 5.69 Å². The Kier molecular flexibility index (Phi) is 7.44. The van der Waals surface area contributed by atoms with Crippen LogP contribution in [0.1, 0.15) is 18.2 Å². The number of hydrogen-bond donors (Lipinski definition) is 1. The average Bonchev–Trinajstić information content (AvgIpc) is 3.17. The molecule has 35 heavy (non-hydrogen) atoms. The van der Waals surface area contributed by atoms with Crippen molar-refractivity contribution in [2.24, 2.45) is 5.10 Å². The van der Waals surface area contributed by atoms with E-state index >= 15 is 0 Å². The van der Waals surface area contributed by atoms with E-state index in [0.29, 0.717) is 32.6 Å². The number of carbonyl (C=O) groups is 1. The number of amides is 1. The molecule has 1 aliphatic rings. The zero-order chi connectivity index (χ0) is 25.6. The van der Waals surface area contributed by atoms with Gasteiger partial charge in [0.05, 0.1) is 36.9 Å². The standard InChI is InChI=1S/C23H14Cl6N4O2/c1-10-14(22(34)32(30-10)20-16(26)6-12(24)7-17(20)27)4-3-5-15-11(2)31-33(23(15)35)21-18(28)8-13(25)9-19(21)29/h3-9,30H,1-2H3. The average molecular weight is 591 g/mol. The lowest BCUT2D eigenvalue weighted by atomic mass is 10.1. The third-order valence-electron chi connectivity index (χ3n) is 5.10. The molecule has 0 aliphatic carbocycles. The number of aromatic nitrogens is 2. The van der Waals surface area contributed by atoms with Crippen LogP contribution in [-0.2, 0) is 4.79 Å². The Hall–Kier alpha value is -2.19. The van der Waals surface area contributed by atoms with E-state index in [-0.39, 0.29) is 37.0 Å². The van der Waals surface area contributed by atoms with Gasteiger partial charge in [-0.1, -0.05) is 75.7 Å². The minimum Gasteiger partial charge on any atom is -0.295 e. The second-order valence-electron chi connectivity index (χ2n) is 7.47. The van der Waals surface area contributed by atoms with Gasteiger partial charge in [-0.3, -0.25) is 14.7 Å². The molecule has 1 N–H and O–H groups in total. The zero-order valence-electron chi connectivity index (χ0n) is 18.0. The lowest BCUT2D eigenvalue weighted by Gasteiger charge is -2.15. The Labute approximate surface area is 229 Å². The fraction of sp³-hybridized carbons (Fsp3) is 0.0870. The van der Waals surface area contributed by atoms with Gasteiger partial charge in [-0.25, -0.2) is 4.68 Å². The number of allylic oxidation sites excluding steroid dienone is 2. The normalized spacial score (nSPS) is 15.1. The number of anilines is 1. The molecule has 0 radical (unpaired) electrons. The predicted octanol–water partition coefficient (Wildman–Crippen LogP) is 7.76. The van der Waals surface area contributed by atoms with Crippen molar-refractivity contribution in [3.05, 3.63) is 93.7 Å². The molecule has 12 heteroatoms. The first kappa shape index (κ1) is 25.9. The Morgan fingerprint density at radius 1 is 0.829 bits per heavy atom. The van der Waals surface area contributed by atoms with Crippen LogP contribution < -0.4 is 10.6 Å². The molecule has 0 bridgehead atoms. The monoisotopic (exact) mass is 588 g/mol. The van der Waals surface area contributed by atoms with Gasteiger partial charge in [0.2, 0.25) is 0 Å². The highest BCUT2D eigenvalue weighted by Gasteiger charge is 2.31. The number of carbonyl (C=O) groups excluding carboxylic acids is 1. The van der Waals surface area contributed by atoms with E-state index in [1.807, 2.05) is 0 Å². The summed E-state index contributed by atoms with van der Waals surface area (Å²) in [5, 5.41) is 9.84. The molecular weight excluding hydrogens is 577 g/mol. The van der Waals surface area contributed by atoms with E-state index in [0.717, 1.165) is 5.01 Å².